The summed E-state index contributed by atoms with van der Waals surface area (Å²) in [5.41, 5.74) is -0.373. The molecule has 0 aliphatic rings. The predicted octanol–water partition coefficient (Wildman–Crippen LogP) is 0.121. The van der Waals surface area contributed by atoms with Crippen LogP contribution in [-0.4, -0.2) is 29.6 Å². The zero-order chi connectivity index (χ0) is 8.15. The van der Waals surface area contributed by atoms with Crippen molar-refractivity contribution in [3.05, 3.63) is 0 Å². The number of carboxylic acids is 1. The van der Waals surface area contributed by atoms with E-state index in [1.807, 2.05) is 0 Å². The van der Waals surface area contributed by atoms with E-state index in [0.717, 1.165) is 0 Å². The first-order valence-corrected chi connectivity index (χ1v) is 2.86. The van der Waals surface area contributed by atoms with E-state index in [0.29, 0.717) is 0 Å². The van der Waals surface area contributed by atoms with Crippen molar-refractivity contribution in [1.82, 2.24) is 0 Å². The standard InChI is InChI=1S/C6H9NO3/c1-3-4(8)5(7-2)6(9)10/h3H2,1-2H3,(H,9,10). The lowest BCUT2D eigenvalue weighted by Crippen LogP contribution is -2.22. The quantitative estimate of drug-likeness (QED) is 0.450. The molecule has 0 aliphatic heterocycles. The average Bonchev–Trinajstić information content (AvgIpc) is 1.88. The second-order valence-corrected chi connectivity index (χ2v) is 1.65. The molecule has 0 rings (SSSR count). The van der Waals surface area contributed by atoms with E-state index in [2.05, 4.69) is 4.99 Å². The van der Waals surface area contributed by atoms with Crippen LogP contribution in [0.2, 0.25) is 0 Å². The molecule has 1 N–H and O–H groups in total. The van der Waals surface area contributed by atoms with E-state index in [9.17, 15) is 9.59 Å². The van der Waals surface area contributed by atoms with E-state index in [-0.39, 0.29) is 12.1 Å². The second-order valence-electron chi connectivity index (χ2n) is 1.65. The summed E-state index contributed by atoms with van der Waals surface area (Å²) in [5, 5.41) is 8.32. The van der Waals surface area contributed by atoms with Gasteiger partial charge in [-0.05, 0) is 0 Å². The van der Waals surface area contributed by atoms with Gasteiger partial charge < -0.3 is 5.11 Å². The molecule has 0 aromatic carbocycles. The van der Waals surface area contributed by atoms with Gasteiger partial charge >= 0.3 is 5.97 Å². The van der Waals surface area contributed by atoms with Gasteiger partial charge in [0.05, 0.1) is 0 Å². The van der Waals surface area contributed by atoms with Crippen LogP contribution in [-0.2, 0) is 9.59 Å². The summed E-state index contributed by atoms with van der Waals surface area (Å²) in [6.07, 6.45) is 0.180. The van der Waals surface area contributed by atoms with Crippen molar-refractivity contribution in [1.29, 1.82) is 0 Å². The topological polar surface area (TPSA) is 66.7 Å². The Bertz CT molecular complexity index is 183. The lowest BCUT2D eigenvalue weighted by Gasteiger charge is -1.93. The normalized spacial score (nSPS) is 11.2. The number of hydrogen-bond acceptors (Lipinski definition) is 3. The van der Waals surface area contributed by atoms with Gasteiger partial charge in [0, 0.05) is 13.5 Å². The molecule has 0 amide bonds. The molecular weight excluding hydrogens is 134 g/mol. The Labute approximate surface area is 58.6 Å². The molecule has 0 fully saturated rings. The minimum atomic E-state index is -1.26. The van der Waals surface area contributed by atoms with Gasteiger partial charge in [-0.15, -0.1) is 0 Å². The molecule has 4 heteroatoms. The van der Waals surface area contributed by atoms with Gasteiger partial charge in [-0.1, -0.05) is 6.92 Å². The molecule has 0 aliphatic carbocycles. The maximum atomic E-state index is 10.7. The number of rotatable bonds is 3. The van der Waals surface area contributed by atoms with Crippen LogP contribution < -0.4 is 0 Å². The van der Waals surface area contributed by atoms with E-state index in [1.165, 1.54) is 7.05 Å². The van der Waals surface area contributed by atoms with Crippen LogP contribution in [0.5, 0.6) is 0 Å². The summed E-state index contributed by atoms with van der Waals surface area (Å²) in [7, 11) is 1.29. The highest BCUT2D eigenvalue weighted by Gasteiger charge is 2.15. The number of nitrogens with zero attached hydrogens (tertiary/aromatic N) is 1. The van der Waals surface area contributed by atoms with Crippen molar-refractivity contribution >= 4 is 17.5 Å². The Hall–Kier alpha value is -1.19. The van der Waals surface area contributed by atoms with E-state index >= 15 is 0 Å². The largest absolute Gasteiger partial charge is 0.476 e. The summed E-state index contributed by atoms with van der Waals surface area (Å²) >= 11 is 0. The molecule has 10 heavy (non-hydrogen) atoms. The van der Waals surface area contributed by atoms with Crippen LogP contribution in [0, 0.1) is 0 Å². The summed E-state index contributed by atoms with van der Waals surface area (Å²) < 4.78 is 0. The maximum Gasteiger partial charge on any atom is 0.357 e. The van der Waals surface area contributed by atoms with Gasteiger partial charge in [-0.25, -0.2) is 4.79 Å². The Morgan fingerprint density at radius 1 is 1.50 bits per heavy atom. The Kier molecular flexibility index (Phi) is 3.32. The maximum absolute atomic E-state index is 10.7. The summed E-state index contributed by atoms with van der Waals surface area (Å²) in [6, 6.07) is 0. The summed E-state index contributed by atoms with van der Waals surface area (Å²) in [5.74, 6) is -1.69. The van der Waals surface area contributed by atoms with Crippen LogP contribution in [0.25, 0.3) is 0 Å². The van der Waals surface area contributed by atoms with Crippen LogP contribution >= 0.6 is 0 Å². The van der Waals surface area contributed by atoms with Gasteiger partial charge in [0.2, 0.25) is 0 Å². The summed E-state index contributed by atoms with van der Waals surface area (Å²) in [4.78, 5) is 24.2. The number of carbonyl (C=O) groups is 2. The van der Waals surface area contributed by atoms with Crippen LogP contribution in [0.1, 0.15) is 13.3 Å². The molecular formula is C6H9NO3. The molecule has 0 spiro atoms. The fourth-order valence-corrected chi connectivity index (χ4v) is 0.507. The zero-order valence-electron chi connectivity index (χ0n) is 5.92. The van der Waals surface area contributed by atoms with Gasteiger partial charge in [0.1, 0.15) is 0 Å². The third-order valence-corrected chi connectivity index (χ3v) is 1.01. The zero-order valence-corrected chi connectivity index (χ0v) is 5.92. The molecule has 0 aromatic heterocycles. The minimum absolute atomic E-state index is 0.180. The van der Waals surface area contributed by atoms with Crippen molar-refractivity contribution in [2.24, 2.45) is 4.99 Å². The number of carbonyl (C=O) groups excluding carboxylic acids is 1. The minimum Gasteiger partial charge on any atom is -0.476 e. The Morgan fingerprint density at radius 3 is 2.10 bits per heavy atom. The van der Waals surface area contributed by atoms with Crippen LogP contribution in [0.15, 0.2) is 4.99 Å². The first-order chi connectivity index (χ1) is 4.63. The molecule has 0 radical (unpaired) electrons. The molecule has 0 atom stereocenters. The smallest absolute Gasteiger partial charge is 0.357 e. The monoisotopic (exact) mass is 143 g/mol. The number of aliphatic carboxylic acids is 1. The fourth-order valence-electron chi connectivity index (χ4n) is 0.507. The molecule has 0 unspecified atom stereocenters. The Balaban J connectivity index is 4.39. The first kappa shape index (κ1) is 8.81. The van der Waals surface area contributed by atoms with Crippen LogP contribution in [0.3, 0.4) is 0 Å². The lowest BCUT2D eigenvalue weighted by atomic mass is 10.2. The van der Waals surface area contributed by atoms with Gasteiger partial charge in [0.25, 0.3) is 0 Å². The van der Waals surface area contributed by atoms with Gasteiger partial charge in [0.15, 0.2) is 11.5 Å². The summed E-state index contributed by atoms with van der Waals surface area (Å²) in [6.45, 7) is 1.59. The van der Waals surface area contributed by atoms with E-state index in [1.54, 1.807) is 6.92 Å². The molecule has 4 nitrogen and oxygen atoms in total. The molecule has 0 saturated carbocycles. The molecule has 0 heterocycles. The Morgan fingerprint density at radius 2 is 2.00 bits per heavy atom. The van der Waals surface area contributed by atoms with Crippen molar-refractivity contribution in [2.75, 3.05) is 7.05 Å². The molecule has 56 valence electrons. The van der Waals surface area contributed by atoms with Gasteiger partial charge in [-0.3, -0.25) is 9.79 Å². The average molecular weight is 143 g/mol. The SMILES string of the molecule is CCC(=O)C(=NC)C(=O)O. The number of aliphatic imine (C=N–C) groups is 1. The number of Topliss-reactive ketones (excluding diaryl/α,β-unsaturated/α-hetero) is 1. The third kappa shape index (κ3) is 1.97. The van der Waals surface area contributed by atoms with Gasteiger partial charge in [-0.2, -0.15) is 0 Å². The fraction of sp³-hybridized carbons (Fsp3) is 0.500. The number of ketones is 1. The molecule has 0 saturated heterocycles. The highest BCUT2D eigenvalue weighted by molar-refractivity contribution is 6.63. The molecule has 0 bridgehead atoms. The van der Waals surface area contributed by atoms with E-state index < -0.39 is 11.8 Å². The highest BCUT2D eigenvalue weighted by Crippen LogP contribution is 1.86. The van der Waals surface area contributed by atoms with Crippen LogP contribution in [0.4, 0.5) is 0 Å². The van der Waals surface area contributed by atoms with Crippen molar-refractivity contribution in [3.8, 4) is 0 Å². The number of carboxylic acid groups (broad SMARTS) is 1. The molecule has 0 aromatic rings. The van der Waals surface area contributed by atoms with Crippen molar-refractivity contribution < 1.29 is 14.7 Å². The highest BCUT2D eigenvalue weighted by atomic mass is 16.4. The lowest BCUT2D eigenvalue weighted by molar-refractivity contribution is -0.130. The predicted molar refractivity (Wildman–Crippen MR) is 36.3 cm³/mol. The third-order valence-electron chi connectivity index (χ3n) is 1.01. The van der Waals surface area contributed by atoms with Crippen molar-refractivity contribution in [2.45, 2.75) is 13.3 Å². The second kappa shape index (κ2) is 3.76. The van der Waals surface area contributed by atoms with E-state index in [4.69, 9.17) is 5.11 Å². The van der Waals surface area contributed by atoms with Crippen molar-refractivity contribution in [3.63, 3.8) is 0 Å². The first-order valence-electron chi connectivity index (χ1n) is 2.86. The number of hydrogen-bond donors (Lipinski definition) is 1.